The first-order valence-electron chi connectivity index (χ1n) is 8.30. The Kier molecular flexibility index (Phi) is 4.49. The fourth-order valence-electron chi connectivity index (χ4n) is 3.32. The molecule has 2 N–H and O–H groups in total. The summed E-state index contributed by atoms with van der Waals surface area (Å²) in [4.78, 5) is 13.9. The van der Waals surface area contributed by atoms with Gasteiger partial charge >= 0.3 is 0 Å². The van der Waals surface area contributed by atoms with Crippen molar-refractivity contribution in [3.05, 3.63) is 70.3 Å². The van der Waals surface area contributed by atoms with E-state index >= 15 is 0 Å². The van der Waals surface area contributed by atoms with Gasteiger partial charge in [-0.15, -0.1) is 0 Å². The lowest BCUT2D eigenvalue weighted by molar-refractivity contribution is -0.131. The predicted octanol–water partition coefficient (Wildman–Crippen LogP) is 3.34. The van der Waals surface area contributed by atoms with Gasteiger partial charge in [0.25, 0.3) is 0 Å². The Labute approximate surface area is 138 Å². The smallest absolute Gasteiger partial charge is 0.222 e. The average Bonchev–Trinajstić information content (AvgIpc) is 2.60. The Balaban J connectivity index is 1.89. The number of hydrogen-bond acceptors (Lipinski definition) is 2. The van der Waals surface area contributed by atoms with E-state index in [0.717, 1.165) is 24.1 Å². The number of hydrogen-bond donors (Lipinski definition) is 1. The molecule has 0 saturated carbocycles. The van der Waals surface area contributed by atoms with E-state index in [0.29, 0.717) is 13.0 Å². The van der Waals surface area contributed by atoms with E-state index in [1.54, 1.807) is 0 Å². The summed E-state index contributed by atoms with van der Waals surface area (Å²) in [5.41, 5.74) is 12.5. The van der Waals surface area contributed by atoms with Gasteiger partial charge in [-0.1, -0.05) is 49.4 Å². The molecule has 0 fully saturated rings. The summed E-state index contributed by atoms with van der Waals surface area (Å²) in [6, 6.07) is 14.6. The molecule has 1 unspecified atom stereocenters. The van der Waals surface area contributed by atoms with Crippen molar-refractivity contribution in [2.75, 3.05) is 6.54 Å². The zero-order valence-corrected chi connectivity index (χ0v) is 13.9. The van der Waals surface area contributed by atoms with Crippen molar-refractivity contribution in [1.82, 2.24) is 4.90 Å². The first kappa shape index (κ1) is 15.8. The number of benzene rings is 2. The fraction of sp³-hybridized carbons (Fsp3) is 0.350. The molecule has 2 aromatic carbocycles. The van der Waals surface area contributed by atoms with Crippen LogP contribution in [0, 0.1) is 6.92 Å². The predicted molar refractivity (Wildman–Crippen MR) is 93.1 cm³/mol. The molecule has 3 rings (SSSR count). The SMILES string of the molecule is CCC(=O)N1CCc2ccc(C(N)c3ccccc3C)cc2C1. The molecule has 0 bridgehead atoms. The lowest BCUT2D eigenvalue weighted by Gasteiger charge is -2.29. The highest BCUT2D eigenvalue weighted by Crippen LogP contribution is 2.27. The molecule has 0 saturated heterocycles. The van der Waals surface area contributed by atoms with Crippen LogP contribution in [0.2, 0.25) is 0 Å². The van der Waals surface area contributed by atoms with E-state index in [-0.39, 0.29) is 11.9 Å². The van der Waals surface area contributed by atoms with E-state index in [9.17, 15) is 4.79 Å². The molecule has 0 spiro atoms. The Bertz CT molecular complexity index is 723. The van der Waals surface area contributed by atoms with Crippen molar-refractivity contribution in [3.8, 4) is 0 Å². The molecular formula is C20H24N2O. The number of nitrogens with two attached hydrogens (primary N) is 1. The van der Waals surface area contributed by atoms with Gasteiger partial charge in [-0.05, 0) is 41.2 Å². The molecular weight excluding hydrogens is 284 g/mol. The number of carbonyl (C=O) groups is 1. The topological polar surface area (TPSA) is 46.3 Å². The van der Waals surface area contributed by atoms with Crippen molar-refractivity contribution in [1.29, 1.82) is 0 Å². The Morgan fingerprint density at radius 3 is 2.74 bits per heavy atom. The van der Waals surface area contributed by atoms with Gasteiger partial charge in [-0.3, -0.25) is 4.79 Å². The lowest BCUT2D eigenvalue weighted by Crippen LogP contribution is -2.35. The zero-order chi connectivity index (χ0) is 16.4. The third-order valence-corrected chi connectivity index (χ3v) is 4.78. The molecule has 1 amide bonds. The molecule has 1 atom stereocenters. The lowest BCUT2D eigenvalue weighted by atomic mass is 9.91. The van der Waals surface area contributed by atoms with Crippen molar-refractivity contribution in [2.45, 2.75) is 39.3 Å². The van der Waals surface area contributed by atoms with Crippen molar-refractivity contribution in [2.24, 2.45) is 5.73 Å². The molecule has 3 nitrogen and oxygen atoms in total. The first-order valence-corrected chi connectivity index (χ1v) is 8.30. The monoisotopic (exact) mass is 308 g/mol. The minimum Gasteiger partial charge on any atom is -0.338 e. The maximum atomic E-state index is 12.0. The third-order valence-electron chi connectivity index (χ3n) is 4.78. The fourth-order valence-corrected chi connectivity index (χ4v) is 3.32. The molecule has 1 aliphatic heterocycles. The first-order chi connectivity index (χ1) is 11.1. The molecule has 120 valence electrons. The Morgan fingerprint density at radius 1 is 1.22 bits per heavy atom. The summed E-state index contributed by atoms with van der Waals surface area (Å²) in [7, 11) is 0. The van der Waals surface area contributed by atoms with Crippen molar-refractivity contribution < 1.29 is 4.79 Å². The molecule has 0 aliphatic carbocycles. The minimum absolute atomic E-state index is 0.126. The van der Waals surface area contributed by atoms with Gasteiger partial charge in [0.2, 0.25) is 5.91 Å². The summed E-state index contributed by atoms with van der Waals surface area (Å²) in [6.07, 6.45) is 1.50. The van der Waals surface area contributed by atoms with Gasteiger partial charge in [0.1, 0.15) is 0 Å². The highest BCUT2D eigenvalue weighted by atomic mass is 16.2. The Morgan fingerprint density at radius 2 is 2.00 bits per heavy atom. The molecule has 0 radical (unpaired) electrons. The number of fused-ring (bicyclic) bond motifs is 1. The molecule has 23 heavy (non-hydrogen) atoms. The molecule has 3 heteroatoms. The van der Waals surface area contributed by atoms with Crippen LogP contribution in [0.5, 0.6) is 0 Å². The molecule has 1 heterocycles. The van der Waals surface area contributed by atoms with Gasteiger partial charge < -0.3 is 10.6 Å². The number of carbonyl (C=O) groups excluding carboxylic acids is 1. The number of amides is 1. The molecule has 0 aromatic heterocycles. The van der Waals surface area contributed by atoms with Gasteiger partial charge in [-0.25, -0.2) is 0 Å². The van der Waals surface area contributed by atoms with E-state index in [4.69, 9.17) is 5.73 Å². The number of nitrogens with zero attached hydrogens (tertiary/aromatic N) is 1. The summed E-state index contributed by atoms with van der Waals surface area (Å²) < 4.78 is 0. The van der Waals surface area contributed by atoms with Crippen LogP contribution in [0.4, 0.5) is 0 Å². The van der Waals surface area contributed by atoms with Crippen LogP contribution in [0.3, 0.4) is 0 Å². The zero-order valence-electron chi connectivity index (χ0n) is 13.9. The van der Waals surface area contributed by atoms with Gasteiger partial charge in [0, 0.05) is 19.5 Å². The summed E-state index contributed by atoms with van der Waals surface area (Å²) >= 11 is 0. The third kappa shape index (κ3) is 3.15. The van der Waals surface area contributed by atoms with Crippen LogP contribution in [0.1, 0.15) is 47.2 Å². The van der Waals surface area contributed by atoms with Crippen LogP contribution in [0.25, 0.3) is 0 Å². The summed E-state index contributed by atoms with van der Waals surface area (Å²) in [5.74, 6) is 0.226. The second-order valence-corrected chi connectivity index (χ2v) is 6.28. The van der Waals surface area contributed by atoms with E-state index in [1.165, 1.54) is 16.7 Å². The quantitative estimate of drug-likeness (QED) is 0.945. The molecule has 2 aromatic rings. The number of aryl methyl sites for hydroxylation is 1. The maximum Gasteiger partial charge on any atom is 0.222 e. The van der Waals surface area contributed by atoms with Crippen molar-refractivity contribution >= 4 is 5.91 Å². The Hall–Kier alpha value is -2.13. The van der Waals surface area contributed by atoms with Crippen molar-refractivity contribution in [3.63, 3.8) is 0 Å². The maximum absolute atomic E-state index is 12.0. The number of rotatable bonds is 3. The highest BCUT2D eigenvalue weighted by Gasteiger charge is 2.21. The van der Waals surface area contributed by atoms with Crippen LogP contribution in [-0.4, -0.2) is 17.4 Å². The van der Waals surface area contributed by atoms with Crippen LogP contribution < -0.4 is 5.73 Å². The van der Waals surface area contributed by atoms with Gasteiger partial charge in [0.15, 0.2) is 0 Å². The van der Waals surface area contributed by atoms with Gasteiger partial charge in [-0.2, -0.15) is 0 Å². The van der Waals surface area contributed by atoms with Crippen LogP contribution in [0.15, 0.2) is 42.5 Å². The van der Waals surface area contributed by atoms with E-state index < -0.39 is 0 Å². The van der Waals surface area contributed by atoms with Gasteiger partial charge in [0.05, 0.1) is 6.04 Å². The molecule has 1 aliphatic rings. The largest absolute Gasteiger partial charge is 0.338 e. The average molecular weight is 308 g/mol. The highest BCUT2D eigenvalue weighted by molar-refractivity contribution is 5.76. The second kappa shape index (κ2) is 6.55. The standard InChI is InChI=1S/C20H24N2O/c1-3-19(23)22-11-10-15-8-9-16(12-17(15)13-22)20(21)18-7-5-4-6-14(18)2/h4-9,12,20H,3,10-11,13,21H2,1-2H3. The van der Waals surface area contributed by atoms with E-state index in [1.807, 2.05) is 24.0 Å². The summed E-state index contributed by atoms with van der Waals surface area (Å²) in [6.45, 7) is 5.54. The normalized spacial score (nSPS) is 15.2. The van der Waals surface area contributed by atoms with Crippen LogP contribution in [-0.2, 0) is 17.8 Å². The second-order valence-electron chi connectivity index (χ2n) is 6.28. The van der Waals surface area contributed by atoms with E-state index in [2.05, 4.69) is 37.3 Å². The summed E-state index contributed by atoms with van der Waals surface area (Å²) in [5, 5.41) is 0. The van der Waals surface area contributed by atoms with Crippen LogP contribution >= 0.6 is 0 Å². The minimum atomic E-state index is -0.126.